The molecule has 19 heavy (non-hydrogen) atoms. The van der Waals surface area contributed by atoms with Gasteiger partial charge in [-0.2, -0.15) is 0 Å². The number of amides is 1. The number of halogens is 1. The average molecular weight is 339 g/mol. The molecule has 1 atom stereocenters. The van der Waals surface area contributed by atoms with Gasteiger partial charge in [0.2, 0.25) is 0 Å². The van der Waals surface area contributed by atoms with Gasteiger partial charge in [-0.25, -0.2) is 4.98 Å². The van der Waals surface area contributed by atoms with Crippen LogP contribution in [0.25, 0.3) is 0 Å². The highest BCUT2D eigenvalue weighted by molar-refractivity contribution is 9.10. The number of nitrogens with one attached hydrogen (secondary N) is 1. The molecular weight excluding hydrogens is 324 g/mol. The minimum atomic E-state index is -0.131. The number of aromatic nitrogens is 1. The molecule has 100 valence electrons. The van der Waals surface area contributed by atoms with Gasteiger partial charge in [-0.1, -0.05) is 25.5 Å². The van der Waals surface area contributed by atoms with Gasteiger partial charge in [0.1, 0.15) is 10.3 Å². The van der Waals surface area contributed by atoms with Gasteiger partial charge in [0, 0.05) is 4.88 Å². The van der Waals surface area contributed by atoms with Crippen molar-refractivity contribution in [3.8, 4) is 0 Å². The van der Waals surface area contributed by atoms with E-state index in [4.69, 9.17) is 0 Å². The highest BCUT2D eigenvalue weighted by Gasteiger charge is 2.16. The summed E-state index contributed by atoms with van der Waals surface area (Å²) in [5.41, 5.74) is 0.437. The van der Waals surface area contributed by atoms with Crippen LogP contribution in [0.3, 0.4) is 0 Å². The van der Waals surface area contributed by atoms with Crippen molar-refractivity contribution < 1.29 is 4.79 Å². The van der Waals surface area contributed by atoms with E-state index in [-0.39, 0.29) is 11.9 Å². The van der Waals surface area contributed by atoms with Gasteiger partial charge in [0.25, 0.3) is 5.91 Å². The van der Waals surface area contributed by atoms with Gasteiger partial charge >= 0.3 is 0 Å². The number of carbonyl (C=O) groups is 1. The Morgan fingerprint density at radius 3 is 2.89 bits per heavy atom. The highest BCUT2D eigenvalue weighted by atomic mass is 79.9. The van der Waals surface area contributed by atoms with Gasteiger partial charge in [0.05, 0.1) is 6.04 Å². The van der Waals surface area contributed by atoms with Gasteiger partial charge in [-0.05, 0) is 45.9 Å². The number of carbonyl (C=O) groups excluding carboxylic acids is 1. The van der Waals surface area contributed by atoms with Crippen molar-refractivity contribution in [1.82, 2.24) is 10.3 Å². The van der Waals surface area contributed by atoms with Crippen LogP contribution in [-0.4, -0.2) is 10.9 Å². The Balaban J connectivity index is 2.11. The molecule has 0 spiro atoms. The lowest BCUT2D eigenvalue weighted by Crippen LogP contribution is -2.28. The fourth-order valence-electron chi connectivity index (χ4n) is 1.83. The first-order chi connectivity index (χ1) is 9.20. The largest absolute Gasteiger partial charge is 0.343 e. The van der Waals surface area contributed by atoms with Crippen LogP contribution in [0, 0.1) is 0 Å². The van der Waals surface area contributed by atoms with Crippen molar-refractivity contribution in [1.29, 1.82) is 0 Å². The molecule has 0 aromatic carbocycles. The van der Waals surface area contributed by atoms with Gasteiger partial charge in [0.15, 0.2) is 0 Å². The van der Waals surface area contributed by atoms with Crippen molar-refractivity contribution >= 4 is 33.2 Å². The molecule has 0 saturated carbocycles. The summed E-state index contributed by atoms with van der Waals surface area (Å²) in [6.45, 7) is 2.12. The van der Waals surface area contributed by atoms with Gasteiger partial charge < -0.3 is 5.32 Å². The van der Waals surface area contributed by atoms with E-state index in [2.05, 4.69) is 39.2 Å². The smallest absolute Gasteiger partial charge is 0.270 e. The zero-order valence-corrected chi connectivity index (χ0v) is 13.0. The van der Waals surface area contributed by atoms with E-state index in [1.165, 1.54) is 4.88 Å². The molecule has 1 N–H and O–H groups in total. The zero-order valence-electron chi connectivity index (χ0n) is 10.6. The van der Waals surface area contributed by atoms with E-state index in [1.807, 2.05) is 17.5 Å². The Morgan fingerprint density at radius 1 is 1.42 bits per heavy atom. The Labute approximate surface area is 125 Å². The molecule has 0 bridgehead atoms. The third-order valence-corrected chi connectivity index (χ3v) is 4.14. The van der Waals surface area contributed by atoms with Crippen LogP contribution < -0.4 is 5.32 Å². The van der Waals surface area contributed by atoms with Crippen LogP contribution in [0.4, 0.5) is 0 Å². The second kappa shape index (κ2) is 6.82. The average Bonchev–Trinajstić information content (AvgIpc) is 2.92. The summed E-state index contributed by atoms with van der Waals surface area (Å²) >= 11 is 4.94. The predicted molar refractivity (Wildman–Crippen MR) is 81.4 cm³/mol. The van der Waals surface area contributed by atoms with Crippen molar-refractivity contribution in [2.24, 2.45) is 0 Å². The molecule has 2 aromatic rings. The molecule has 0 saturated heterocycles. The Hall–Kier alpha value is -1.20. The molecule has 2 rings (SSSR count). The molecule has 0 aliphatic heterocycles. The lowest BCUT2D eigenvalue weighted by molar-refractivity contribution is 0.0930. The summed E-state index contributed by atoms with van der Waals surface area (Å²) in [4.78, 5) is 17.5. The SMILES string of the molecule is CCCC(NC(=O)c1cccc(Br)n1)c1cccs1. The Bertz CT molecular complexity index is 542. The van der Waals surface area contributed by atoms with Crippen LogP contribution in [-0.2, 0) is 0 Å². The first-order valence-corrected chi connectivity index (χ1v) is 7.84. The maximum absolute atomic E-state index is 12.2. The quantitative estimate of drug-likeness (QED) is 0.831. The molecule has 1 amide bonds. The van der Waals surface area contributed by atoms with Crippen LogP contribution in [0.2, 0.25) is 0 Å². The topological polar surface area (TPSA) is 42.0 Å². The summed E-state index contributed by atoms with van der Waals surface area (Å²) in [7, 11) is 0. The molecule has 1 unspecified atom stereocenters. The Kier molecular flexibility index (Phi) is 5.10. The molecule has 2 aromatic heterocycles. The fraction of sp³-hybridized carbons (Fsp3) is 0.286. The number of nitrogens with zero attached hydrogens (tertiary/aromatic N) is 1. The maximum Gasteiger partial charge on any atom is 0.270 e. The summed E-state index contributed by atoms with van der Waals surface area (Å²) in [6.07, 6.45) is 1.95. The van der Waals surface area contributed by atoms with E-state index < -0.39 is 0 Å². The lowest BCUT2D eigenvalue weighted by Gasteiger charge is -2.16. The lowest BCUT2D eigenvalue weighted by atomic mass is 10.1. The maximum atomic E-state index is 12.2. The van der Waals surface area contributed by atoms with E-state index in [1.54, 1.807) is 23.5 Å². The van der Waals surface area contributed by atoms with E-state index in [9.17, 15) is 4.79 Å². The Morgan fingerprint density at radius 2 is 2.26 bits per heavy atom. The van der Waals surface area contributed by atoms with Gasteiger partial charge in [-0.3, -0.25) is 4.79 Å². The van der Waals surface area contributed by atoms with E-state index in [0.717, 1.165) is 12.8 Å². The van der Waals surface area contributed by atoms with Crippen LogP contribution in [0.5, 0.6) is 0 Å². The van der Waals surface area contributed by atoms with Crippen molar-refractivity contribution in [2.45, 2.75) is 25.8 Å². The number of pyridine rings is 1. The summed E-state index contributed by atoms with van der Waals surface area (Å²) in [5.74, 6) is -0.131. The van der Waals surface area contributed by atoms with Gasteiger partial charge in [-0.15, -0.1) is 11.3 Å². The molecule has 0 radical (unpaired) electrons. The third kappa shape index (κ3) is 3.88. The predicted octanol–water partition coefficient (Wildman–Crippen LogP) is 4.18. The second-order valence-corrected chi connectivity index (χ2v) is 5.97. The normalized spacial score (nSPS) is 12.1. The standard InChI is InChI=1S/C14H15BrN2OS/c1-2-5-10(12-7-4-9-19-12)17-14(18)11-6-3-8-13(15)16-11/h3-4,6-10H,2,5H2,1H3,(H,17,18). The minimum absolute atomic E-state index is 0.0679. The first kappa shape index (κ1) is 14.2. The fourth-order valence-corrected chi connectivity index (χ4v) is 2.99. The molecular formula is C14H15BrN2OS. The second-order valence-electron chi connectivity index (χ2n) is 4.18. The molecule has 0 aliphatic carbocycles. The molecule has 0 aliphatic rings. The highest BCUT2D eigenvalue weighted by Crippen LogP contribution is 2.23. The van der Waals surface area contributed by atoms with Crippen molar-refractivity contribution in [2.75, 3.05) is 0 Å². The van der Waals surface area contributed by atoms with Crippen LogP contribution in [0.15, 0.2) is 40.3 Å². The van der Waals surface area contributed by atoms with Crippen LogP contribution in [0.1, 0.15) is 41.2 Å². The number of hydrogen-bond donors (Lipinski definition) is 1. The first-order valence-electron chi connectivity index (χ1n) is 6.17. The number of thiophene rings is 1. The monoisotopic (exact) mass is 338 g/mol. The molecule has 0 fully saturated rings. The molecule has 2 heterocycles. The van der Waals surface area contributed by atoms with E-state index in [0.29, 0.717) is 10.3 Å². The number of rotatable bonds is 5. The van der Waals surface area contributed by atoms with E-state index >= 15 is 0 Å². The summed E-state index contributed by atoms with van der Waals surface area (Å²) in [5, 5.41) is 5.08. The molecule has 5 heteroatoms. The number of hydrogen-bond acceptors (Lipinski definition) is 3. The third-order valence-electron chi connectivity index (χ3n) is 2.72. The van der Waals surface area contributed by atoms with Crippen molar-refractivity contribution in [3.63, 3.8) is 0 Å². The van der Waals surface area contributed by atoms with Crippen molar-refractivity contribution in [3.05, 3.63) is 50.9 Å². The minimum Gasteiger partial charge on any atom is -0.343 e. The zero-order chi connectivity index (χ0) is 13.7. The van der Waals surface area contributed by atoms with Crippen LogP contribution >= 0.6 is 27.3 Å². The summed E-state index contributed by atoms with van der Waals surface area (Å²) in [6, 6.07) is 9.47. The molecule has 3 nitrogen and oxygen atoms in total. The summed E-state index contributed by atoms with van der Waals surface area (Å²) < 4.78 is 0.670.